The molecule has 1 aromatic heterocycles. The van der Waals surface area contributed by atoms with E-state index in [0.717, 1.165) is 0 Å². The van der Waals surface area contributed by atoms with Gasteiger partial charge in [0.05, 0.1) is 21.2 Å². The molecule has 0 aliphatic carbocycles. The fourth-order valence-corrected chi connectivity index (χ4v) is 1.95. The Morgan fingerprint density at radius 2 is 1.38 bits per heavy atom. The highest BCUT2D eigenvalue weighted by molar-refractivity contribution is 5.52. The number of azo groups is 1. The Hall–Kier alpha value is -4.22. The average Bonchev–Trinajstić information content (AvgIpc) is 3.01. The second-order valence-electron chi connectivity index (χ2n) is 4.95. The van der Waals surface area contributed by atoms with Crippen LogP contribution >= 0.6 is 0 Å². The number of hydrogen-bond donors (Lipinski definition) is 1. The second kappa shape index (κ2) is 6.72. The van der Waals surface area contributed by atoms with Crippen LogP contribution in [0, 0.1) is 20.2 Å². The van der Waals surface area contributed by atoms with Crippen LogP contribution in [0.25, 0.3) is 5.69 Å². The molecule has 0 spiro atoms. The first-order valence-electron chi connectivity index (χ1n) is 7.08. The zero-order chi connectivity index (χ0) is 18.7. The zero-order valence-electron chi connectivity index (χ0n) is 13.0. The second-order valence-corrected chi connectivity index (χ2v) is 4.95. The Labute approximate surface area is 144 Å². The highest BCUT2D eigenvalue weighted by Crippen LogP contribution is 2.24. The van der Waals surface area contributed by atoms with Crippen molar-refractivity contribution >= 4 is 28.7 Å². The number of nitrogen functional groups attached to an aromatic ring is 1. The van der Waals surface area contributed by atoms with Crippen LogP contribution < -0.4 is 5.73 Å². The normalized spacial score (nSPS) is 10.9. The minimum atomic E-state index is -0.519. The van der Waals surface area contributed by atoms with Gasteiger partial charge in [-0.1, -0.05) is 0 Å². The number of non-ortho nitro benzene ring substituents is 2. The van der Waals surface area contributed by atoms with Gasteiger partial charge >= 0.3 is 0 Å². The summed E-state index contributed by atoms with van der Waals surface area (Å²) in [5.74, 6) is 0.0516. The van der Waals surface area contributed by atoms with E-state index in [9.17, 15) is 20.2 Å². The van der Waals surface area contributed by atoms with E-state index in [4.69, 9.17) is 5.73 Å². The fraction of sp³-hybridized carbons (Fsp3) is 0. The standard InChI is InChI=1S/C14H10N8O4/c15-13-14(17-16-9-1-3-11(4-2-9)21(23)24)19-20(18-13)10-5-7-12(8-6-10)22(25)26/h1-8H,(H2,15,18). The van der Waals surface area contributed by atoms with Crippen molar-refractivity contribution in [1.29, 1.82) is 0 Å². The van der Waals surface area contributed by atoms with Crippen LogP contribution in [0.5, 0.6) is 0 Å². The molecule has 0 saturated heterocycles. The maximum absolute atomic E-state index is 10.7. The topological polar surface area (TPSA) is 168 Å². The van der Waals surface area contributed by atoms with Crippen LogP contribution in [0.3, 0.4) is 0 Å². The van der Waals surface area contributed by atoms with E-state index in [0.29, 0.717) is 11.4 Å². The maximum atomic E-state index is 10.7. The summed E-state index contributed by atoms with van der Waals surface area (Å²) < 4.78 is 0. The first kappa shape index (κ1) is 16.6. The molecule has 2 N–H and O–H groups in total. The first-order valence-corrected chi connectivity index (χ1v) is 7.08. The van der Waals surface area contributed by atoms with E-state index in [2.05, 4.69) is 20.4 Å². The Kier molecular flexibility index (Phi) is 4.30. The van der Waals surface area contributed by atoms with Crippen LogP contribution in [-0.2, 0) is 0 Å². The minimum absolute atomic E-state index is 0.00835. The quantitative estimate of drug-likeness (QED) is 0.417. The van der Waals surface area contributed by atoms with E-state index in [1.165, 1.54) is 53.3 Å². The van der Waals surface area contributed by atoms with Gasteiger partial charge in [0, 0.05) is 24.3 Å². The molecule has 0 unspecified atom stereocenters. The lowest BCUT2D eigenvalue weighted by molar-refractivity contribution is -0.385. The molecule has 0 radical (unpaired) electrons. The molecule has 0 saturated carbocycles. The predicted octanol–water partition coefficient (Wildman–Crippen LogP) is 3.08. The SMILES string of the molecule is Nc1nn(-c2ccc([N+](=O)[O-])cc2)nc1N=Nc1ccc([N+](=O)[O-])cc1. The largest absolute Gasteiger partial charge is 0.379 e. The molecule has 12 nitrogen and oxygen atoms in total. The molecule has 26 heavy (non-hydrogen) atoms. The lowest BCUT2D eigenvalue weighted by atomic mass is 10.3. The number of nitrogens with zero attached hydrogens (tertiary/aromatic N) is 7. The molecular formula is C14H10N8O4. The third kappa shape index (κ3) is 3.48. The van der Waals surface area contributed by atoms with E-state index in [-0.39, 0.29) is 23.0 Å². The van der Waals surface area contributed by atoms with Crippen LogP contribution in [-0.4, -0.2) is 24.8 Å². The number of aromatic nitrogens is 3. The number of nitro groups is 2. The van der Waals surface area contributed by atoms with Crippen molar-refractivity contribution in [3.8, 4) is 5.69 Å². The van der Waals surface area contributed by atoms with Gasteiger partial charge in [-0.3, -0.25) is 20.2 Å². The third-order valence-corrected chi connectivity index (χ3v) is 3.23. The van der Waals surface area contributed by atoms with Gasteiger partial charge < -0.3 is 5.73 Å². The molecule has 1 heterocycles. The Bertz CT molecular complexity index is 995. The van der Waals surface area contributed by atoms with Crippen LogP contribution in [0.2, 0.25) is 0 Å². The Morgan fingerprint density at radius 3 is 1.92 bits per heavy atom. The molecule has 0 aliphatic rings. The Morgan fingerprint density at radius 1 is 0.846 bits per heavy atom. The van der Waals surface area contributed by atoms with Crippen molar-refractivity contribution in [2.75, 3.05) is 5.73 Å². The van der Waals surface area contributed by atoms with Gasteiger partial charge in [-0.25, -0.2) is 0 Å². The summed E-state index contributed by atoms with van der Waals surface area (Å²) in [7, 11) is 0. The molecule has 12 heteroatoms. The molecule has 0 fully saturated rings. The number of nitro benzene ring substituents is 2. The van der Waals surface area contributed by atoms with E-state index >= 15 is 0 Å². The van der Waals surface area contributed by atoms with Gasteiger partial charge in [0.1, 0.15) is 0 Å². The molecule has 2 aromatic carbocycles. The van der Waals surface area contributed by atoms with E-state index < -0.39 is 9.85 Å². The Balaban J connectivity index is 1.81. The van der Waals surface area contributed by atoms with Crippen molar-refractivity contribution in [3.63, 3.8) is 0 Å². The summed E-state index contributed by atoms with van der Waals surface area (Å²) in [5.41, 5.74) is 6.45. The van der Waals surface area contributed by atoms with Crippen molar-refractivity contribution in [2.45, 2.75) is 0 Å². The summed E-state index contributed by atoms with van der Waals surface area (Å²) in [6.45, 7) is 0. The number of rotatable bonds is 5. The van der Waals surface area contributed by atoms with Gasteiger partial charge in [-0.2, -0.15) is 0 Å². The zero-order valence-corrected chi connectivity index (χ0v) is 13.0. The smallest absolute Gasteiger partial charge is 0.269 e. The van der Waals surface area contributed by atoms with Crippen LogP contribution in [0.1, 0.15) is 0 Å². The molecule has 3 rings (SSSR count). The fourth-order valence-electron chi connectivity index (χ4n) is 1.95. The molecule has 0 bridgehead atoms. The highest BCUT2D eigenvalue weighted by Gasteiger charge is 2.11. The maximum Gasteiger partial charge on any atom is 0.269 e. The van der Waals surface area contributed by atoms with E-state index in [1.807, 2.05) is 0 Å². The summed E-state index contributed by atoms with van der Waals surface area (Å²) in [6, 6.07) is 11.0. The summed E-state index contributed by atoms with van der Waals surface area (Å²) in [6.07, 6.45) is 0. The van der Waals surface area contributed by atoms with E-state index in [1.54, 1.807) is 0 Å². The number of nitrogens with two attached hydrogens (primary N) is 1. The molecule has 3 aromatic rings. The lowest BCUT2D eigenvalue weighted by Gasteiger charge is -1.97. The van der Waals surface area contributed by atoms with Crippen molar-refractivity contribution < 1.29 is 9.85 Å². The van der Waals surface area contributed by atoms with Gasteiger partial charge in [0.2, 0.25) is 5.82 Å². The highest BCUT2D eigenvalue weighted by atomic mass is 16.6. The number of benzene rings is 2. The van der Waals surface area contributed by atoms with Gasteiger partial charge in [-0.05, 0) is 24.3 Å². The van der Waals surface area contributed by atoms with Gasteiger partial charge in [0.15, 0.2) is 5.82 Å². The number of anilines is 1. The molecule has 130 valence electrons. The van der Waals surface area contributed by atoms with Gasteiger partial charge in [-0.15, -0.1) is 25.2 Å². The number of hydrogen-bond acceptors (Lipinski definition) is 9. The third-order valence-electron chi connectivity index (χ3n) is 3.23. The summed E-state index contributed by atoms with van der Waals surface area (Å²) >= 11 is 0. The molecule has 0 atom stereocenters. The average molecular weight is 354 g/mol. The summed E-state index contributed by atoms with van der Waals surface area (Å²) in [5, 5.41) is 37.1. The molecule has 0 amide bonds. The molecular weight excluding hydrogens is 344 g/mol. The van der Waals surface area contributed by atoms with Crippen LogP contribution in [0.15, 0.2) is 58.8 Å². The first-order chi connectivity index (χ1) is 12.4. The predicted molar refractivity (Wildman–Crippen MR) is 89.7 cm³/mol. The lowest BCUT2D eigenvalue weighted by Crippen LogP contribution is -1.99. The minimum Gasteiger partial charge on any atom is -0.379 e. The van der Waals surface area contributed by atoms with Crippen molar-refractivity contribution in [1.82, 2.24) is 15.0 Å². The van der Waals surface area contributed by atoms with Gasteiger partial charge in [0.25, 0.3) is 11.4 Å². The van der Waals surface area contributed by atoms with Crippen LogP contribution in [0.4, 0.5) is 28.7 Å². The monoisotopic (exact) mass is 354 g/mol. The molecule has 0 aliphatic heterocycles. The van der Waals surface area contributed by atoms with Crippen molar-refractivity contribution in [3.05, 3.63) is 68.8 Å². The van der Waals surface area contributed by atoms with Crippen molar-refractivity contribution in [2.24, 2.45) is 10.2 Å². The summed E-state index contributed by atoms with van der Waals surface area (Å²) in [4.78, 5) is 21.4.